The molecule has 32 heavy (non-hydrogen) atoms. The van der Waals surface area contributed by atoms with Gasteiger partial charge in [-0.25, -0.2) is 4.79 Å². The lowest BCUT2D eigenvalue weighted by Crippen LogP contribution is -2.35. The Bertz CT molecular complexity index is 1110. The maximum atomic E-state index is 12.6. The summed E-state index contributed by atoms with van der Waals surface area (Å²) in [4.78, 5) is 49.5. The highest BCUT2D eigenvalue weighted by molar-refractivity contribution is 8.18. The number of esters is 2. The third-order valence-electron chi connectivity index (χ3n) is 4.62. The molecule has 0 spiro atoms. The number of rotatable bonds is 7. The van der Waals surface area contributed by atoms with Crippen LogP contribution >= 0.6 is 23.4 Å². The highest BCUT2D eigenvalue weighted by atomic mass is 35.5. The van der Waals surface area contributed by atoms with E-state index in [0.29, 0.717) is 35.3 Å². The smallest absolute Gasteiger partial charge is 0.339 e. The van der Waals surface area contributed by atoms with Crippen molar-refractivity contribution >= 4 is 52.5 Å². The second kappa shape index (κ2) is 10.1. The first-order valence-corrected chi connectivity index (χ1v) is 10.9. The average molecular weight is 478 g/mol. The van der Waals surface area contributed by atoms with Gasteiger partial charge in [0.1, 0.15) is 18.1 Å². The van der Waals surface area contributed by atoms with Crippen molar-refractivity contribution < 1.29 is 33.1 Å². The van der Waals surface area contributed by atoms with Gasteiger partial charge >= 0.3 is 11.9 Å². The van der Waals surface area contributed by atoms with Crippen LogP contribution in [-0.4, -0.2) is 47.7 Å². The van der Waals surface area contributed by atoms with E-state index in [1.165, 1.54) is 19.3 Å². The van der Waals surface area contributed by atoms with Crippen molar-refractivity contribution in [2.45, 2.75) is 26.4 Å². The summed E-state index contributed by atoms with van der Waals surface area (Å²) >= 11 is 6.75. The van der Waals surface area contributed by atoms with Crippen LogP contribution in [0.25, 0.3) is 17.4 Å². The number of hydrogen-bond acceptors (Lipinski definition) is 8. The van der Waals surface area contributed by atoms with Gasteiger partial charge in [0.05, 0.1) is 28.7 Å². The number of hydrogen-bond donors (Lipinski definition) is 0. The number of carbonyl (C=O) groups is 4. The lowest BCUT2D eigenvalue weighted by molar-refractivity contribution is -0.150. The number of methoxy groups -OCH3 is 1. The minimum Gasteiger partial charge on any atom is -0.465 e. The van der Waals surface area contributed by atoms with Gasteiger partial charge in [0.2, 0.25) is 0 Å². The Morgan fingerprint density at radius 2 is 2.00 bits per heavy atom. The Balaban J connectivity index is 1.77. The monoisotopic (exact) mass is 477 g/mol. The zero-order valence-electron chi connectivity index (χ0n) is 17.5. The fraction of sp³-hybridized carbons (Fsp3) is 0.273. The molecule has 10 heteroatoms. The van der Waals surface area contributed by atoms with E-state index in [2.05, 4.69) is 0 Å². The summed E-state index contributed by atoms with van der Waals surface area (Å²) in [5.41, 5.74) is 0.769. The highest BCUT2D eigenvalue weighted by Crippen LogP contribution is 2.34. The number of benzene rings is 1. The summed E-state index contributed by atoms with van der Waals surface area (Å²) in [5.74, 6) is -1.08. The van der Waals surface area contributed by atoms with Crippen LogP contribution in [0.15, 0.2) is 39.7 Å². The number of imide groups is 1. The molecule has 1 saturated heterocycles. The molecule has 2 amide bonds. The Morgan fingerprint density at radius 3 is 2.69 bits per heavy atom. The minimum absolute atomic E-state index is 0.124. The minimum atomic E-state index is -0.646. The predicted molar refractivity (Wildman–Crippen MR) is 119 cm³/mol. The largest absolute Gasteiger partial charge is 0.465 e. The lowest BCUT2D eigenvalue weighted by atomic mass is 10.1. The summed E-state index contributed by atoms with van der Waals surface area (Å²) in [5, 5.41) is -0.317. The number of thioether (sulfide) groups is 1. The lowest BCUT2D eigenvalue weighted by Gasteiger charge is -2.14. The number of nitrogens with zero attached hydrogens (tertiary/aromatic N) is 1. The van der Waals surface area contributed by atoms with Gasteiger partial charge in [-0.15, -0.1) is 0 Å². The molecule has 1 aromatic carbocycles. The van der Waals surface area contributed by atoms with Crippen LogP contribution < -0.4 is 0 Å². The van der Waals surface area contributed by atoms with Crippen molar-refractivity contribution in [2.24, 2.45) is 0 Å². The van der Waals surface area contributed by atoms with Gasteiger partial charge in [0, 0.05) is 11.6 Å². The molecule has 0 saturated carbocycles. The van der Waals surface area contributed by atoms with Gasteiger partial charge in [-0.2, -0.15) is 0 Å². The molecule has 1 atom stereocenters. The van der Waals surface area contributed by atoms with Gasteiger partial charge in [-0.1, -0.05) is 18.5 Å². The summed E-state index contributed by atoms with van der Waals surface area (Å²) in [7, 11) is 1.26. The molecule has 1 aliphatic heterocycles. The number of amides is 2. The zero-order chi connectivity index (χ0) is 23.4. The van der Waals surface area contributed by atoms with E-state index in [4.69, 9.17) is 25.5 Å². The molecule has 168 valence electrons. The molecule has 0 unspecified atom stereocenters. The molecule has 2 aromatic rings. The molecule has 1 aliphatic rings. The number of halogens is 1. The molecule has 1 fully saturated rings. The molecule has 3 rings (SSSR count). The van der Waals surface area contributed by atoms with Gasteiger partial charge in [0.15, 0.2) is 0 Å². The summed E-state index contributed by atoms with van der Waals surface area (Å²) in [6, 6.07) is 8.04. The van der Waals surface area contributed by atoms with Gasteiger partial charge in [0.25, 0.3) is 11.1 Å². The van der Waals surface area contributed by atoms with Crippen LogP contribution in [0.2, 0.25) is 5.02 Å². The topological polar surface area (TPSA) is 103 Å². The van der Waals surface area contributed by atoms with Crippen molar-refractivity contribution in [1.82, 2.24) is 4.90 Å². The van der Waals surface area contributed by atoms with E-state index < -0.39 is 29.6 Å². The van der Waals surface area contributed by atoms with Crippen LogP contribution in [0.5, 0.6) is 0 Å². The summed E-state index contributed by atoms with van der Waals surface area (Å²) < 4.78 is 15.6. The molecule has 0 bridgehead atoms. The number of ether oxygens (including phenoxy) is 2. The molecule has 0 aliphatic carbocycles. The van der Waals surface area contributed by atoms with Crippen molar-refractivity contribution in [3.8, 4) is 11.3 Å². The third kappa shape index (κ3) is 5.23. The zero-order valence-corrected chi connectivity index (χ0v) is 19.1. The highest BCUT2D eigenvalue weighted by Gasteiger charge is 2.37. The van der Waals surface area contributed by atoms with Crippen molar-refractivity contribution in [1.29, 1.82) is 0 Å². The van der Waals surface area contributed by atoms with E-state index in [-0.39, 0.29) is 21.6 Å². The van der Waals surface area contributed by atoms with Crippen LogP contribution in [0, 0.1) is 0 Å². The first-order chi connectivity index (χ1) is 15.2. The normalized spacial score (nSPS) is 15.9. The molecule has 0 N–H and O–H groups in total. The fourth-order valence-electron chi connectivity index (χ4n) is 2.77. The molecule has 0 radical (unpaired) electrons. The third-order valence-corrected chi connectivity index (χ3v) is 5.86. The van der Waals surface area contributed by atoms with Crippen LogP contribution in [0.1, 0.15) is 36.4 Å². The van der Waals surface area contributed by atoms with E-state index in [1.54, 1.807) is 31.2 Å². The molecular weight excluding hydrogens is 458 g/mol. The van der Waals surface area contributed by atoms with E-state index in [9.17, 15) is 19.2 Å². The molecule has 1 aromatic heterocycles. The maximum Gasteiger partial charge on any atom is 0.339 e. The maximum absolute atomic E-state index is 12.6. The number of carbonyl (C=O) groups excluding carboxylic acids is 4. The fourth-order valence-corrected chi connectivity index (χ4v) is 3.78. The quantitative estimate of drug-likeness (QED) is 0.415. The van der Waals surface area contributed by atoms with Crippen LogP contribution in [-0.2, 0) is 19.1 Å². The van der Waals surface area contributed by atoms with E-state index in [0.717, 1.165) is 4.90 Å². The first-order valence-electron chi connectivity index (χ1n) is 9.66. The molecular formula is C22H20ClNO7S. The molecule has 2 heterocycles. The Kier molecular flexibility index (Phi) is 7.42. The van der Waals surface area contributed by atoms with Gasteiger partial charge < -0.3 is 13.9 Å². The van der Waals surface area contributed by atoms with Gasteiger partial charge in [-0.3, -0.25) is 19.3 Å². The Hall–Kier alpha value is -3.04. The Morgan fingerprint density at radius 1 is 1.25 bits per heavy atom. The van der Waals surface area contributed by atoms with Crippen molar-refractivity contribution in [3.05, 3.63) is 51.6 Å². The van der Waals surface area contributed by atoms with E-state index in [1.807, 2.05) is 6.92 Å². The average Bonchev–Trinajstić information content (AvgIpc) is 3.33. The van der Waals surface area contributed by atoms with Gasteiger partial charge in [-0.05, 0) is 55.4 Å². The second-order valence-electron chi connectivity index (χ2n) is 6.86. The second-order valence-corrected chi connectivity index (χ2v) is 8.27. The Labute approximate surface area is 193 Å². The summed E-state index contributed by atoms with van der Waals surface area (Å²) in [6.07, 6.45) is 1.75. The first kappa shape index (κ1) is 23.6. The van der Waals surface area contributed by atoms with E-state index >= 15 is 0 Å². The standard InChI is InChI=1S/C22H20ClNO7S/c1-4-12(2)30-19(25)11-24-20(26)18(32-22(24)28)10-14-6-8-17(31-14)13-5-7-16(23)15(9-13)21(27)29-3/h5-10,12H,4,11H2,1-3H3/b18-10+/t12-/m0/s1. The van der Waals surface area contributed by atoms with Crippen molar-refractivity contribution in [3.63, 3.8) is 0 Å². The molecule has 8 nitrogen and oxygen atoms in total. The number of furan rings is 1. The van der Waals surface area contributed by atoms with Crippen LogP contribution in [0.4, 0.5) is 4.79 Å². The predicted octanol–water partition coefficient (Wildman–Crippen LogP) is 4.76. The van der Waals surface area contributed by atoms with Crippen molar-refractivity contribution in [2.75, 3.05) is 13.7 Å². The SMILES string of the molecule is CC[C@H](C)OC(=O)CN1C(=O)S/C(=C/c2ccc(-c3ccc(Cl)c(C(=O)OC)c3)o2)C1=O. The summed E-state index contributed by atoms with van der Waals surface area (Å²) in [6.45, 7) is 3.14. The van der Waals surface area contributed by atoms with Crippen LogP contribution in [0.3, 0.4) is 0 Å².